The molecule has 2 N–H and O–H groups in total. The Morgan fingerprint density at radius 1 is 1.31 bits per heavy atom. The Hall–Kier alpha value is -1.68. The van der Waals surface area contributed by atoms with E-state index < -0.39 is 10.0 Å². The molecule has 0 atom stereocenters. The van der Waals surface area contributed by atoms with E-state index in [1.54, 1.807) is 30.7 Å². The van der Waals surface area contributed by atoms with Gasteiger partial charge in [-0.3, -0.25) is 0 Å². The Morgan fingerprint density at radius 2 is 2.00 bits per heavy atom. The van der Waals surface area contributed by atoms with Crippen molar-refractivity contribution in [1.29, 1.82) is 0 Å². The Balaban J connectivity index is 0.00000243. The number of rotatable bonds is 5. The minimum absolute atomic E-state index is 0. The van der Waals surface area contributed by atoms with Gasteiger partial charge in [0.1, 0.15) is 11.6 Å². The number of benzene rings is 1. The molecular formula is C16H23ClFN5O2S. The van der Waals surface area contributed by atoms with Crippen molar-refractivity contribution in [3.05, 3.63) is 41.6 Å². The Kier molecular flexibility index (Phi) is 6.62. The largest absolute Gasteiger partial charge is 0.367 e. The van der Waals surface area contributed by atoms with Crippen molar-refractivity contribution in [2.75, 3.05) is 31.1 Å². The third kappa shape index (κ3) is 4.53. The molecule has 10 heteroatoms. The fraction of sp³-hybridized carbons (Fsp3) is 0.438. The molecule has 1 aliphatic rings. The third-order valence-electron chi connectivity index (χ3n) is 4.30. The quantitative estimate of drug-likeness (QED) is 0.783. The molecule has 0 radical (unpaired) electrons. The number of imidazole rings is 1. The molecule has 1 aromatic heterocycles. The van der Waals surface area contributed by atoms with E-state index >= 15 is 0 Å². The molecule has 26 heavy (non-hydrogen) atoms. The normalized spacial score (nSPS) is 15.0. The minimum Gasteiger partial charge on any atom is -0.367 e. The van der Waals surface area contributed by atoms with Crippen molar-refractivity contribution in [2.24, 2.45) is 7.05 Å². The van der Waals surface area contributed by atoms with Crippen LogP contribution in [0.15, 0.2) is 29.4 Å². The summed E-state index contributed by atoms with van der Waals surface area (Å²) in [5.41, 5.74) is 1.11. The van der Waals surface area contributed by atoms with Crippen LogP contribution in [0.25, 0.3) is 0 Å². The number of halogens is 2. The molecular weight excluding hydrogens is 381 g/mol. The van der Waals surface area contributed by atoms with E-state index in [-0.39, 0.29) is 29.8 Å². The highest BCUT2D eigenvalue weighted by Crippen LogP contribution is 2.21. The number of sulfonamides is 1. The van der Waals surface area contributed by atoms with Crippen molar-refractivity contribution in [3.8, 4) is 0 Å². The lowest BCUT2D eigenvalue weighted by molar-refractivity contribution is 0.564. The van der Waals surface area contributed by atoms with E-state index in [4.69, 9.17) is 0 Å². The molecule has 2 aromatic rings. The van der Waals surface area contributed by atoms with Gasteiger partial charge < -0.3 is 14.8 Å². The maximum Gasteiger partial charge on any atom is 0.259 e. The molecule has 1 fully saturated rings. The molecule has 1 aromatic carbocycles. The lowest BCUT2D eigenvalue weighted by atomic mass is 10.1. The van der Waals surface area contributed by atoms with Gasteiger partial charge in [-0.05, 0) is 24.6 Å². The fourth-order valence-electron chi connectivity index (χ4n) is 2.73. The highest BCUT2D eigenvalue weighted by atomic mass is 35.5. The van der Waals surface area contributed by atoms with Crippen molar-refractivity contribution in [3.63, 3.8) is 0 Å². The molecule has 144 valence electrons. The summed E-state index contributed by atoms with van der Waals surface area (Å²) in [7, 11) is -2.00. The van der Waals surface area contributed by atoms with Crippen LogP contribution in [0.4, 0.5) is 10.1 Å². The summed E-state index contributed by atoms with van der Waals surface area (Å²) in [4.78, 5) is 6.00. The van der Waals surface area contributed by atoms with Gasteiger partial charge in [-0.25, -0.2) is 22.5 Å². The first-order chi connectivity index (χ1) is 11.9. The Labute approximate surface area is 159 Å². The monoisotopic (exact) mass is 403 g/mol. The number of nitrogens with one attached hydrogen (secondary N) is 2. The highest BCUT2D eigenvalue weighted by Gasteiger charge is 2.19. The molecule has 0 bridgehead atoms. The van der Waals surface area contributed by atoms with Gasteiger partial charge >= 0.3 is 0 Å². The molecule has 3 rings (SSSR count). The smallest absolute Gasteiger partial charge is 0.259 e. The highest BCUT2D eigenvalue weighted by molar-refractivity contribution is 7.89. The van der Waals surface area contributed by atoms with E-state index in [0.29, 0.717) is 17.1 Å². The third-order valence-corrected chi connectivity index (χ3v) is 5.57. The van der Waals surface area contributed by atoms with Crippen LogP contribution in [-0.2, 0) is 23.6 Å². The summed E-state index contributed by atoms with van der Waals surface area (Å²) < 4.78 is 43.0. The maximum atomic E-state index is 14.4. The van der Waals surface area contributed by atoms with Gasteiger partial charge in [0.15, 0.2) is 5.03 Å². The van der Waals surface area contributed by atoms with Crippen LogP contribution < -0.4 is 14.9 Å². The summed E-state index contributed by atoms with van der Waals surface area (Å²) in [5.74, 6) is 0.263. The van der Waals surface area contributed by atoms with E-state index in [1.807, 2.05) is 4.90 Å². The molecule has 0 saturated carbocycles. The summed E-state index contributed by atoms with van der Waals surface area (Å²) in [6.07, 6.45) is 1.45. The molecule has 7 nitrogen and oxygen atoms in total. The van der Waals surface area contributed by atoms with Gasteiger partial charge in [0, 0.05) is 46.0 Å². The molecule has 0 unspecified atom stereocenters. The Morgan fingerprint density at radius 3 is 2.58 bits per heavy atom. The number of piperazine rings is 1. The molecule has 1 saturated heterocycles. The van der Waals surface area contributed by atoms with E-state index in [0.717, 1.165) is 26.2 Å². The van der Waals surface area contributed by atoms with Gasteiger partial charge in [0.25, 0.3) is 10.0 Å². The van der Waals surface area contributed by atoms with Crippen molar-refractivity contribution in [2.45, 2.75) is 18.5 Å². The molecule has 2 heterocycles. The molecule has 0 spiro atoms. The second-order valence-electron chi connectivity index (χ2n) is 6.08. The van der Waals surface area contributed by atoms with Gasteiger partial charge in [-0.2, -0.15) is 0 Å². The Bertz CT molecular complexity index is 846. The topological polar surface area (TPSA) is 79.3 Å². The number of nitrogens with zero attached hydrogens (tertiary/aromatic N) is 3. The number of hydrogen-bond donors (Lipinski definition) is 2. The number of aryl methyl sites for hydroxylation is 2. The van der Waals surface area contributed by atoms with E-state index in [2.05, 4.69) is 15.0 Å². The summed E-state index contributed by atoms with van der Waals surface area (Å²) in [5, 5.41) is 3.19. The lowest BCUT2D eigenvalue weighted by Crippen LogP contribution is -2.43. The number of hydrogen-bond acceptors (Lipinski definition) is 5. The minimum atomic E-state index is -3.73. The van der Waals surface area contributed by atoms with Crippen molar-refractivity contribution >= 4 is 28.1 Å². The molecule has 0 amide bonds. The first-order valence-electron chi connectivity index (χ1n) is 8.10. The molecule has 0 aliphatic carbocycles. The zero-order valence-corrected chi connectivity index (χ0v) is 16.3. The van der Waals surface area contributed by atoms with Crippen LogP contribution >= 0.6 is 12.4 Å². The second kappa shape index (κ2) is 8.34. The van der Waals surface area contributed by atoms with Gasteiger partial charge in [-0.1, -0.05) is 6.07 Å². The van der Waals surface area contributed by atoms with Crippen LogP contribution in [-0.4, -0.2) is 44.1 Å². The zero-order valence-electron chi connectivity index (χ0n) is 14.7. The van der Waals surface area contributed by atoms with Crippen LogP contribution in [0.3, 0.4) is 0 Å². The second-order valence-corrected chi connectivity index (χ2v) is 7.80. The standard InChI is InChI=1S/C16H22FN5O2S.ClH/c1-12-20-16(11-21(12)2)25(23,24)19-10-13-3-4-15(14(17)9-13)22-7-5-18-6-8-22;/h3-4,9,11,18-19H,5-8,10H2,1-2H3;1H. The summed E-state index contributed by atoms with van der Waals surface area (Å²) in [6.45, 7) is 4.89. The average Bonchev–Trinajstić information content (AvgIpc) is 2.94. The lowest BCUT2D eigenvalue weighted by Gasteiger charge is -2.29. The van der Waals surface area contributed by atoms with Gasteiger partial charge in [0.2, 0.25) is 0 Å². The number of anilines is 1. The average molecular weight is 404 g/mol. The van der Waals surface area contributed by atoms with Gasteiger partial charge in [-0.15, -0.1) is 12.4 Å². The zero-order chi connectivity index (χ0) is 18.0. The predicted octanol–water partition coefficient (Wildman–Crippen LogP) is 1.18. The van der Waals surface area contributed by atoms with Crippen LogP contribution in [0.5, 0.6) is 0 Å². The van der Waals surface area contributed by atoms with Crippen LogP contribution in [0.2, 0.25) is 0 Å². The maximum absolute atomic E-state index is 14.4. The van der Waals surface area contributed by atoms with Crippen molar-refractivity contribution in [1.82, 2.24) is 19.6 Å². The summed E-state index contributed by atoms with van der Waals surface area (Å²) in [6, 6.07) is 4.82. The van der Waals surface area contributed by atoms with Crippen molar-refractivity contribution < 1.29 is 12.8 Å². The van der Waals surface area contributed by atoms with E-state index in [9.17, 15) is 12.8 Å². The van der Waals surface area contributed by atoms with Crippen LogP contribution in [0, 0.1) is 12.7 Å². The first kappa shape index (κ1) is 20.6. The van der Waals surface area contributed by atoms with Gasteiger partial charge in [0.05, 0.1) is 5.69 Å². The van der Waals surface area contributed by atoms with E-state index in [1.165, 1.54) is 12.3 Å². The fourth-order valence-corrected chi connectivity index (χ4v) is 3.78. The molecule has 1 aliphatic heterocycles. The first-order valence-corrected chi connectivity index (χ1v) is 9.59. The summed E-state index contributed by atoms with van der Waals surface area (Å²) >= 11 is 0. The van der Waals surface area contributed by atoms with Crippen LogP contribution in [0.1, 0.15) is 11.4 Å². The predicted molar refractivity (Wildman–Crippen MR) is 101 cm³/mol. The SMILES string of the molecule is Cc1nc(S(=O)(=O)NCc2ccc(N3CCNCC3)c(F)c2)cn1C.Cl. The number of aromatic nitrogens is 2.